The van der Waals surface area contributed by atoms with Gasteiger partial charge in [-0.1, -0.05) is 16.9 Å². The first-order chi connectivity index (χ1) is 10.0. The average Bonchev–Trinajstić information content (AvgIpc) is 3.02. The van der Waals surface area contributed by atoms with Gasteiger partial charge in [-0.2, -0.15) is 0 Å². The number of rotatable bonds is 6. The number of anilines is 1. The highest BCUT2D eigenvalue weighted by atomic mass is 32.2. The number of amides is 1. The van der Waals surface area contributed by atoms with Gasteiger partial charge < -0.3 is 14.7 Å². The van der Waals surface area contributed by atoms with E-state index < -0.39 is 0 Å². The van der Waals surface area contributed by atoms with Crippen LogP contribution in [0.4, 0.5) is 6.01 Å². The van der Waals surface area contributed by atoms with Gasteiger partial charge in [0.1, 0.15) is 5.82 Å². The lowest BCUT2D eigenvalue weighted by molar-refractivity contribution is -0.113. The molecule has 0 atom stereocenters. The van der Waals surface area contributed by atoms with Crippen LogP contribution in [0.15, 0.2) is 9.57 Å². The van der Waals surface area contributed by atoms with Crippen molar-refractivity contribution in [2.24, 2.45) is 5.73 Å². The summed E-state index contributed by atoms with van der Waals surface area (Å²) in [7, 11) is 0. The van der Waals surface area contributed by atoms with Crippen LogP contribution in [0.1, 0.15) is 31.6 Å². The van der Waals surface area contributed by atoms with Crippen LogP contribution in [0.3, 0.4) is 0 Å². The molecule has 10 heteroatoms. The topological polar surface area (TPSA) is 125 Å². The van der Waals surface area contributed by atoms with E-state index in [2.05, 4.69) is 25.7 Å². The Labute approximate surface area is 125 Å². The maximum absolute atomic E-state index is 11.8. The van der Waals surface area contributed by atoms with Crippen molar-refractivity contribution < 1.29 is 9.21 Å². The minimum absolute atomic E-state index is 0.0890. The maximum Gasteiger partial charge on any atom is 0.322 e. The van der Waals surface area contributed by atoms with Crippen molar-refractivity contribution in [2.45, 2.75) is 38.5 Å². The number of aryl methyl sites for hydroxylation is 1. The lowest BCUT2D eigenvalue weighted by Crippen LogP contribution is -2.16. The molecule has 0 fully saturated rings. The number of aromatic nitrogens is 5. The zero-order chi connectivity index (χ0) is 15.4. The van der Waals surface area contributed by atoms with E-state index in [4.69, 9.17) is 10.2 Å². The highest BCUT2D eigenvalue weighted by molar-refractivity contribution is 7.99. The molecule has 0 aliphatic rings. The molecule has 0 aliphatic carbocycles. The Hall–Kier alpha value is -1.94. The molecule has 0 saturated heterocycles. The standard InChI is InChI=1S/C11H17N7O2S/c1-6(2)18-8(4-12)15-17-11(18)21-5-9(19)13-10-16-14-7(3)20-10/h6H,4-5,12H2,1-3H3,(H,13,16,19). The number of nitrogens with zero attached hydrogens (tertiary/aromatic N) is 5. The second kappa shape index (κ2) is 6.68. The van der Waals surface area contributed by atoms with Crippen LogP contribution in [0, 0.1) is 6.92 Å². The van der Waals surface area contributed by atoms with Gasteiger partial charge >= 0.3 is 6.01 Å². The third kappa shape index (κ3) is 3.79. The Morgan fingerprint density at radius 3 is 2.71 bits per heavy atom. The van der Waals surface area contributed by atoms with E-state index in [1.807, 2.05) is 18.4 Å². The summed E-state index contributed by atoms with van der Waals surface area (Å²) in [6, 6.07) is 0.258. The Balaban J connectivity index is 1.96. The zero-order valence-corrected chi connectivity index (χ0v) is 12.8. The molecule has 0 radical (unpaired) electrons. The normalized spacial score (nSPS) is 11.1. The van der Waals surface area contributed by atoms with Crippen molar-refractivity contribution in [2.75, 3.05) is 11.1 Å². The second-order valence-corrected chi connectivity index (χ2v) is 5.47. The number of thioether (sulfide) groups is 1. The molecule has 0 saturated carbocycles. The average molecular weight is 311 g/mol. The molecule has 2 heterocycles. The second-order valence-electron chi connectivity index (χ2n) is 4.53. The first kappa shape index (κ1) is 15.4. The summed E-state index contributed by atoms with van der Waals surface area (Å²) in [5.74, 6) is 0.999. The lowest BCUT2D eigenvalue weighted by Gasteiger charge is -2.12. The quantitative estimate of drug-likeness (QED) is 0.748. The molecule has 0 bridgehead atoms. The Morgan fingerprint density at radius 1 is 1.38 bits per heavy atom. The molecule has 1 amide bonds. The summed E-state index contributed by atoms with van der Waals surface area (Å²) >= 11 is 1.28. The van der Waals surface area contributed by atoms with E-state index in [1.165, 1.54) is 11.8 Å². The van der Waals surface area contributed by atoms with Gasteiger partial charge in [0.25, 0.3) is 0 Å². The summed E-state index contributed by atoms with van der Waals surface area (Å²) in [6.07, 6.45) is 0. The van der Waals surface area contributed by atoms with Gasteiger partial charge in [0.15, 0.2) is 5.16 Å². The molecule has 0 aromatic carbocycles. The third-order valence-corrected chi connectivity index (χ3v) is 3.48. The van der Waals surface area contributed by atoms with Crippen LogP contribution in [-0.4, -0.2) is 36.6 Å². The summed E-state index contributed by atoms with van der Waals surface area (Å²) in [6.45, 7) is 5.97. The molecule has 2 rings (SSSR count). The van der Waals surface area contributed by atoms with Crippen molar-refractivity contribution in [3.63, 3.8) is 0 Å². The van der Waals surface area contributed by atoms with Gasteiger partial charge in [0.2, 0.25) is 11.8 Å². The van der Waals surface area contributed by atoms with Crippen LogP contribution in [0.25, 0.3) is 0 Å². The highest BCUT2D eigenvalue weighted by Crippen LogP contribution is 2.21. The Morgan fingerprint density at radius 2 is 2.14 bits per heavy atom. The zero-order valence-electron chi connectivity index (χ0n) is 12.0. The van der Waals surface area contributed by atoms with Crippen molar-refractivity contribution in [3.05, 3.63) is 11.7 Å². The summed E-state index contributed by atoms with van der Waals surface area (Å²) in [5.41, 5.74) is 5.62. The predicted molar refractivity (Wildman–Crippen MR) is 76.7 cm³/mol. The van der Waals surface area contributed by atoms with Crippen molar-refractivity contribution in [1.82, 2.24) is 25.0 Å². The van der Waals surface area contributed by atoms with Crippen LogP contribution in [-0.2, 0) is 11.3 Å². The predicted octanol–water partition coefficient (Wildman–Crippen LogP) is 0.740. The van der Waals surface area contributed by atoms with Gasteiger partial charge in [-0.25, -0.2) is 0 Å². The molecule has 9 nitrogen and oxygen atoms in total. The summed E-state index contributed by atoms with van der Waals surface area (Å²) in [4.78, 5) is 11.8. The van der Waals surface area contributed by atoms with E-state index in [1.54, 1.807) is 6.92 Å². The smallest absolute Gasteiger partial charge is 0.322 e. The Bertz CT molecular complexity index is 622. The van der Waals surface area contributed by atoms with Crippen LogP contribution >= 0.6 is 11.8 Å². The number of hydrogen-bond acceptors (Lipinski definition) is 8. The first-order valence-corrected chi connectivity index (χ1v) is 7.36. The minimum Gasteiger partial charge on any atom is -0.408 e. The molecule has 114 valence electrons. The number of carbonyl (C=O) groups excluding carboxylic acids is 1. The molecule has 0 unspecified atom stereocenters. The molecular formula is C11H17N7O2S. The summed E-state index contributed by atoms with van der Waals surface area (Å²) in [5, 5.41) is 18.6. The molecule has 0 aliphatic heterocycles. The van der Waals surface area contributed by atoms with E-state index in [0.717, 1.165) is 0 Å². The van der Waals surface area contributed by atoms with Gasteiger partial charge in [0.05, 0.1) is 12.3 Å². The molecule has 3 N–H and O–H groups in total. The maximum atomic E-state index is 11.8. The van der Waals surface area contributed by atoms with Gasteiger partial charge in [0, 0.05) is 13.0 Å². The van der Waals surface area contributed by atoms with E-state index in [-0.39, 0.29) is 23.7 Å². The number of hydrogen-bond donors (Lipinski definition) is 2. The SMILES string of the molecule is Cc1nnc(NC(=O)CSc2nnc(CN)n2C(C)C)o1. The van der Waals surface area contributed by atoms with Gasteiger partial charge in [-0.15, -0.1) is 15.3 Å². The molecule has 2 aromatic rings. The number of carbonyl (C=O) groups is 1. The fourth-order valence-electron chi connectivity index (χ4n) is 1.70. The van der Waals surface area contributed by atoms with Gasteiger partial charge in [-0.3, -0.25) is 10.1 Å². The van der Waals surface area contributed by atoms with E-state index in [9.17, 15) is 4.79 Å². The monoisotopic (exact) mass is 311 g/mol. The van der Waals surface area contributed by atoms with Crippen LogP contribution in [0.5, 0.6) is 0 Å². The van der Waals surface area contributed by atoms with E-state index >= 15 is 0 Å². The molecule has 2 aromatic heterocycles. The van der Waals surface area contributed by atoms with Crippen molar-refractivity contribution in [1.29, 1.82) is 0 Å². The van der Waals surface area contributed by atoms with Crippen LogP contribution in [0.2, 0.25) is 0 Å². The lowest BCUT2D eigenvalue weighted by atomic mass is 10.4. The number of nitrogens with two attached hydrogens (primary N) is 1. The number of nitrogens with one attached hydrogen (secondary N) is 1. The fourth-order valence-corrected chi connectivity index (χ4v) is 2.58. The molecule has 0 spiro atoms. The van der Waals surface area contributed by atoms with Crippen molar-refractivity contribution >= 4 is 23.7 Å². The largest absolute Gasteiger partial charge is 0.408 e. The fraction of sp³-hybridized carbons (Fsp3) is 0.545. The Kier molecular flexibility index (Phi) is 4.91. The van der Waals surface area contributed by atoms with Gasteiger partial charge in [-0.05, 0) is 13.8 Å². The highest BCUT2D eigenvalue weighted by Gasteiger charge is 2.16. The van der Waals surface area contributed by atoms with Crippen molar-refractivity contribution in [3.8, 4) is 0 Å². The van der Waals surface area contributed by atoms with Crippen LogP contribution < -0.4 is 11.1 Å². The molecular weight excluding hydrogens is 294 g/mol. The third-order valence-electron chi connectivity index (χ3n) is 2.54. The summed E-state index contributed by atoms with van der Waals surface area (Å²) < 4.78 is 6.99. The molecule has 21 heavy (non-hydrogen) atoms. The minimum atomic E-state index is -0.253. The first-order valence-electron chi connectivity index (χ1n) is 6.38. The van der Waals surface area contributed by atoms with E-state index in [0.29, 0.717) is 23.4 Å².